The number of rotatable bonds is 7. The summed E-state index contributed by atoms with van der Waals surface area (Å²) in [5, 5.41) is 17.0. The third kappa shape index (κ3) is 6.42. The molecule has 0 unspecified atom stereocenters. The van der Waals surface area contributed by atoms with Crippen LogP contribution in [0.15, 0.2) is 0 Å². The molecule has 82 valence electrons. The van der Waals surface area contributed by atoms with E-state index in [1.165, 1.54) is 0 Å². The van der Waals surface area contributed by atoms with Crippen molar-refractivity contribution in [2.24, 2.45) is 0 Å². The van der Waals surface area contributed by atoms with Crippen molar-refractivity contribution >= 4 is 11.9 Å². The fraction of sp³-hybridized carbons (Fsp3) is 0.778. The van der Waals surface area contributed by atoms with Crippen molar-refractivity contribution in [3.63, 3.8) is 0 Å². The van der Waals surface area contributed by atoms with Gasteiger partial charge in [-0.2, -0.15) is 0 Å². The summed E-state index contributed by atoms with van der Waals surface area (Å²) in [6.45, 7) is 4.65. The van der Waals surface area contributed by atoms with Gasteiger partial charge in [0, 0.05) is 19.1 Å². The van der Waals surface area contributed by atoms with Gasteiger partial charge in [-0.25, -0.2) is 0 Å². The fourth-order valence-corrected chi connectivity index (χ4v) is 1.11. The largest absolute Gasteiger partial charge is 0.481 e. The van der Waals surface area contributed by atoms with Crippen LogP contribution >= 0.6 is 0 Å². The van der Waals surface area contributed by atoms with E-state index in [-0.39, 0.29) is 18.9 Å². The highest BCUT2D eigenvalue weighted by molar-refractivity contribution is 5.67. The maximum atomic E-state index is 10.3. The molecule has 5 nitrogen and oxygen atoms in total. The average Bonchev–Trinajstić information content (AvgIpc) is 2.02. The SMILES string of the molecule is CC(C)N(CCC(=O)O)CCC(=O)O. The molecule has 0 spiro atoms. The molecule has 0 rings (SSSR count). The Kier molecular flexibility index (Phi) is 5.87. The Bertz CT molecular complexity index is 185. The van der Waals surface area contributed by atoms with Crippen molar-refractivity contribution in [3.05, 3.63) is 0 Å². The van der Waals surface area contributed by atoms with E-state index in [1.54, 1.807) is 0 Å². The zero-order chi connectivity index (χ0) is 11.1. The molecule has 14 heavy (non-hydrogen) atoms. The van der Waals surface area contributed by atoms with E-state index in [4.69, 9.17) is 10.2 Å². The van der Waals surface area contributed by atoms with Crippen molar-refractivity contribution in [2.75, 3.05) is 13.1 Å². The van der Waals surface area contributed by atoms with E-state index in [0.29, 0.717) is 13.1 Å². The van der Waals surface area contributed by atoms with Gasteiger partial charge < -0.3 is 10.2 Å². The summed E-state index contributed by atoms with van der Waals surface area (Å²) in [4.78, 5) is 22.5. The molecular formula is C9H17NO4. The molecule has 0 aliphatic heterocycles. The molecule has 0 aliphatic rings. The Morgan fingerprint density at radius 3 is 1.64 bits per heavy atom. The maximum Gasteiger partial charge on any atom is 0.304 e. The first-order valence-corrected chi connectivity index (χ1v) is 4.61. The van der Waals surface area contributed by atoms with E-state index in [2.05, 4.69) is 0 Å². The molecule has 0 aromatic rings. The lowest BCUT2D eigenvalue weighted by atomic mass is 10.2. The van der Waals surface area contributed by atoms with Gasteiger partial charge in [0.15, 0.2) is 0 Å². The first kappa shape index (κ1) is 12.9. The number of nitrogens with zero attached hydrogens (tertiary/aromatic N) is 1. The van der Waals surface area contributed by atoms with Crippen LogP contribution in [0.1, 0.15) is 26.7 Å². The Hall–Kier alpha value is -1.10. The number of carboxylic acids is 2. The highest BCUT2D eigenvalue weighted by Gasteiger charge is 2.12. The standard InChI is InChI=1S/C9H17NO4/c1-7(2)10(5-3-8(11)12)6-4-9(13)14/h7H,3-6H2,1-2H3,(H,11,12)(H,13,14). The van der Waals surface area contributed by atoms with Crippen LogP contribution in [0.2, 0.25) is 0 Å². The summed E-state index contributed by atoms with van der Waals surface area (Å²) in [7, 11) is 0. The van der Waals surface area contributed by atoms with Gasteiger partial charge in [0.2, 0.25) is 0 Å². The van der Waals surface area contributed by atoms with Crippen molar-refractivity contribution in [3.8, 4) is 0 Å². The molecular weight excluding hydrogens is 186 g/mol. The zero-order valence-electron chi connectivity index (χ0n) is 8.56. The Labute approximate surface area is 83.3 Å². The summed E-state index contributed by atoms with van der Waals surface area (Å²) in [5.41, 5.74) is 0. The molecule has 0 saturated carbocycles. The first-order chi connectivity index (χ1) is 6.43. The van der Waals surface area contributed by atoms with Crippen LogP contribution in [-0.2, 0) is 9.59 Å². The molecule has 5 heteroatoms. The highest BCUT2D eigenvalue weighted by Crippen LogP contribution is 2.01. The number of carbonyl (C=O) groups is 2. The van der Waals surface area contributed by atoms with Crippen LogP contribution < -0.4 is 0 Å². The van der Waals surface area contributed by atoms with Gasteiger partial charge in [0.05, 0.1) is 12.8 Å². The van der Waals surface area contributed by atoms with Crippen molar-refractivity contribution in [2.45, 2.75) is 32.7 Å². The average molecular weight is 203 g/mol. The minimum Gasteiger partial charge on any atom is -0.481 e. The molecule has 0 amide bonds. The van der Waals surface area contributed by atoms with Crippen LogP contribution in [0.3, 0.4) is 0 Å². The number of hydrogen-bond donors (Lipinski definition) is 2. The van der Waals surface area contributed by atoms with Gasteiger partial charge in [0.25, 0.3) is 0 Å². The van der Waals surface area contributed by atoms with Gasteiger partial charge >= 0.3 is 11.9 Å². The molecule has 0 aromatic heterocycles. The van der Waals surface area contributed by atoms with Gasteiger partial charge in [-0.05, 0) is 13.8 Å². The predicted molar refractivity (Wildman–Crippen MR) is 51.2 cm³/mol. The molecule has 0 heterocycles. The third-order valence-electron chi connectivity index (χ3n) is 1.96. The molecule has 2 N–H and O–H groups in total. The Morgan fingerprint density at radius 1 is 1.07 bits per heavy atom. The third-order valence-corrected chi connectivity index (χ3v) is 1.96. The summed E-state index contributed by atoms with van der Waals surface area (Å²) < 4.78 is 0. The van der Waals surface area contributed by atoms with Crippen molar-refractivity contribution < 1.29 is 19.8 Å². The molecule has 0 bridgehead atoms. The van der Waals surface area contributed by atoms with Crippen LogP contribution in [0.25, 0.3) is 0 Å². The Morgan fingerprint density at radius 2 is 1.43 bits per heavy atom. The number of carboxylic acid groups (broad SMARTS) is 2. The fourth-order valence-electron chi connectivity index (χ4n) is 1.11. The van der Waals surface area contributed by atoms with Crippen molar-refractivity contribution in [1.29, 1.82) is 0 Å². The van der Waals surface area contributed by atoms with Crippen LogP contribution in [-0.4, -0.2) is 46.2 Å². The van der Waals surface area contributed by atoms with E-state index < -0.39 is 11.9 Å². The van der Waals surface area contributed by atoms with Crippen LogP contribution in [0.5, 0.6) is 0 Å². The predicted octanol–water partition coefficient (Wildman–Crippen LogP) is 0.646. The summed E-state index contributed by atoms with van der Waals surface area (Å²) in [6.07, 6.45) is 0.107. The van der Waals surface area contributed by atoms with Gasteiger partial charge in [-0.15, -0.1) is 0 Å². The van der Waals surface area contributed by atoms with E-state index >= 15 is 0 Å². The van der Waals surface area contributed by atoms with Crippen LogP contribution in [0.4, 0.5) is 0 Å². The lowest BCUT2D eigenvalue weighted by Crippen LogP contribution is -2.34. The molecule has 0 radical (unpaired) electrons. The Balaban J connectivity index is 3.89. The molecule has 0 aromatic carbocycles. The molecule has 0 aliphatic carbocycles. The molecule has 0 saturated heterocycles. The quantitative estimate of drug-likeness (QED) is 0.635. The minimum absolute atomic E-state index is 0.0534. The first-order valence-electron chi connectivity index (χ1n) is 4.61. The number of hydrogen-bond acceptors (Lipinski definition) is 3. The highest BCUT2D eigenvalue weighted by atomic mass is 16.4. The van der Waals surface area contributed by atoms with Crippen LogP contribution in [0, 0.1) is 0 Å². The van der Waals surface area contributed by atoms with E-state index in [9.17, 15) is 9.59 Å². The summed E-state index contributed by atoms with van der Waals surface area (Å²) in [5.74, 6) is -1.71. The molecule has 0 atom stereocenters. The van der Waals surface area contributed by atoms with E-state index in [1.807, 2.05) is 18.7 Å². The normalized spacial score (nSPS) is 10.9. The second kappa shape index (κ2) is 6.37. The van der Waals surface area contributed by atoms with Gasteiger partial charge in [-0.3, -0.25) is 14.5 Å². The summed E-state index contributed by atoms with van der Waals surface area (Å²) in [6, 6.07) is 0.175. The lowest BCUT2D eigenvalue weighted by molar-refractivity contribution is -0.137. The second-order valence-corrected chi connectivity index (χ2v) is 3.42. The second-order valence-electron chi connectivity index (χ2n) is 3.42. The van der Waals surface area contributed by atoms with E-state index in [0.717, 1.165) is 0 Å². The smallest absolute Gasteiger partial charge is 0.304 e. The topological polar surface area (TPSA) is 77.8 Å². The van der Waals surface area contributed by atoms with Gasteiger partial charge in [0.1, 0.15) is 0 Å². The minimum atomic E-state index is -0.856. The zero-order valence-corrected chi connectivity index (χ0v) is 8.56. The van der Waals surface area contributed by atoms with Crippen molar-refractivity contribution in [1.82, 2.24) is 4.90 Å². The monoisotopic (exact) mass is 203 g/mol. The number of aliphatic carboxylic acids is 2. The maximum absolute atomic E-state index is 10.3. The molecule has 0 fully saturated rings. The summed E-state index contributed by atoms with van der Waals surface area (Å²) >= 11 is 0. The lowest BCUT2D eigenvalue weighted by Gasteiger charge is -2.24. The van der Waals surface area contributed by atoms with Gasteiger partial charge in [-0.1, -0.05) is 0 Å².